The number of hydrogen-bond donors (Lipinski definition) is 1. The number of anilines is 1. The van der Waals surface area contributed by atoms with Crippen LogP contribution < -0.4 is 5.32 Å². The Bertz CT molecular complexity index is 658. The van der Waals surface area contributed by atoms with Crippen LogP contribution in [0.2, 0.25) is 10.0 Å². The molecule has 0 heterocycles. The maximum Gasteiger partial charge on any atom is 0.234 e. The number of carbonyl (C=O) groups excluding carboxylic acids is 1. The fourth-order valence-electron chi connectivity index (χ4n) is 1.67. The van der Waals surface area contributed by atoms with E-state index >= 15 is 0 Å². The molecule has 0 aliphatic rings. The topological polar surface area (TPSA) is 29.1 Å². The van der Waals surface area contributed by atoms with Gasteiger partial charge in [-0.05, 0) is 52.7 Å². The summed E-state index contributed by atoms with van der Waals surface area (Å²) in [6.45, 7) is 1.99. The lowest BCUT2D eigenvalue weighted by atomic mass is 10.2. The molecule has 110 valence electrons. The molecule has 0 spiro atoms. The summed E-state index contributed by atoms with van der Waals surface area (Å²) in [5, 5.41) is 3.96. The van der Waals surface area contributed by atoms with E-state index in [1.807, 2.05) is 25.1 Å². The number of halogens is 3. The van der Waals surface area contributed by atoms with Gasteiger partial charge in [0.15, 0.2) is 0 Å². The van der Waals surface area contributed by atoms with Crippen LogP contribution in [0.15, 0.2) is 45.8 Å². The fraction of sp³-hybridized carbons (Fsp3) is 0.133. The van der Waals surface area contributed by atoms with Gasteiger partial charge in [0, 0.05) is 9.37 Å². The molecule has 0 saturated carbocycles. The van der Waals surface area contributed by atoms with E-state index < -0.39 is 0 Å². The molecule has 6 heteroatoms. The number of nitrogens with one attached hydrogen (secondary N) is 1. The van der Waals surface area contributed by atoms with E-state index in [-0.39, 0.29) is 11.7 Å². The van der Waals surface area contributed by atoms with Gasteiger partial charge in [-0.2, -0.15) is 0 Å². The molecule has 0 fully saturated rings. The van der Waals surface area contributed by atoms with Crippen molar-refractivity contribution >= 4 is 62.5 Å². The smallest absolute Gasteiger partial charge is 0.234 e. The van der Waals surface area contributed by atoms with Gasteiger partial charge in [0.05, 0.1) is 21.5 Å². The second kappa shape index (κ2) is 7.54. The monoisotopic (exact) mass is 403 g/mol. The van der Waals surface area contributed by atoms with Crippen LogP contribution in [0.4, 0.5) is 5.69 Å². The third-order valence-corrected chi connectivity index (χ3v) is 5.31. The van der Waals surface area contributed by atoms with Gasteiger partial charge in [0.2, 0.25) is 5.91 Å². The van der Waals surface area contributed by atoms with E-state index in [2.05, 4.69) is 21.2 Å². The Labute approximate surface area is 146 Å². The zero-order valence-corrected chi connectivity index (χ0v) is 15.0. The molecule has 21 heavy (non-hydrogen) atoms. The molecule has 1 amide bonds. The Hall–Kier alpha value is -0.680. The quantitative estimate of drug-likeness (QED) is 0.652. The Kier molecular flexibility index (Phi) is 5.99. The summed E-state index contributed by atoms with van der Waals surface area (Å²) in [5.41, 5.74) is 1.87. The van der Waals surface area contributed by atoms with Gasteiger partial charge >= 0.3 is 0 Å². The van der Waals surface area contributed by atoms with Crippen molar-refractivity contribution in [3.05, 3.63) is 56.5 Å². The second-order valence-electron chi connectivity index (χ2n) is 4.37. The molecule has 1 N–H and O–H groups in total. The highest BCUT2D eigenvalue weighted by atomic mass is 79.9. The fourth-order valence-corrected chi connectivity index (χ4v) is 3.74. The molecule has 2 nitrogen and oxygen atoms in total. The maximum atomic E-state index is 12.0. The summed E-state index contributed by atoms with van der Waals surface area (Å²) >= 11 is 16.9. The van der Waals surface area contributed by atoms with Crippen molar-refractivity contribution in [2.45, 2.75) is 11.8 Å². The standard InChI is InChI=1S/C15H12BrCl2NOS/c1-9-5-6-13(10(16)7-9)19-14(20)8-21-15-11(17)3-2-4-12(15)18/h2-7H,8H2,1H3,(H,19,20). The molecule has 2 aromatic carbocycles. The maximum absolute atomic E-state index is 12.0. The van der Waals surface area contributed by atoms with Crippen molar-refractivity contribution in [3.8, 4) is 0 Å². The van der Waals surface area contributed by atoms with Gasteiger partial charge in [-0.3, -0.25) is 4.79 Å². The number of thioether (sulfide) groups is 1. The van der Waals surface area contributed by atoms with Crippen LogP contribution in [0.1, 0.15) is 5.56 Å². The highest BCUT2D eigenvalue weighted by Gasteiger charge is 2.10. The van der Waals surface area contributed by atoms with E-state index in [1.165, 1.54) is 11.8 Å². The minimum Gasteiger partial charge on any atom is -0.324 e. The van der Waals surface area contributed by atoms with Crippen LogP contribution in [0.25, 0.3) is 0 Å². The third-order valence-electron chi connectivity index (χ3n) is 2.67. The third kappa shape index (κ3) is 4.65. The zero-order valence-electron chi connectivity index (χ0n) is 11.1. The summed E-state index contributed by atoms with van der Waals surface area (Å²) in [6, 6.07) is 11.0. The van der Waals surface area contributed by atoms with Crippen LogP contribution in [-0.4, -0.2) is 11.7 Å². The number of amides is 1. The highest BCUT2D eigenvalue weighted by molar-refractivity contribution is 9.10. The van der Waals surface area contributed by atoms with Crippen LogP contribution in [0.5, 0.6) is 0 Å². The molecule has 0 radical (unpaired) electrons. The van der Waals surface area contributed by atoms with E-state index in [4.69, 9.17) is 23.2 Å². The van der Waals surface area contributed by atoms with Crippen molar-refractivity contribution in [1.82, 2.24) is 0 Å². The number of carbonyl (C=O) groups is 1. The Morgan fingerprint density at radius 1 is 1.24 bits per heavy atom. The molecule has 2 aromatic rings. The number of rotatable bonds is 4. The number of hydrogen-bond acceptors (Lipinski definition) is 2. The second-order valence-corrected chi connectivity index (χ2v) is 7.03. The lowest BCUT2D eigenvalue weighted by Crippen LogP contribution is -2.14. The lowest BCUT2D eigenvalue weighted by molar-refractivity contribution is -0.113. The highest BCUT2D eigenvalue weighted by Crippen LogP contribution is 2.34. The summed E-state index contributed by atoms with van der Waals surface area (Å²) in [6.07, 6.45) is 0. The van der Waals surface area contributed by atoms with E-state index in [0.29, 0.717) is 10.0 Å². The van der Waals surface area contributed by atoms with Crippen LogP contribution in [0.3, 0.4) is 0 Å². The number of benzene rings is 2. The van der Waals surface area contributed by atoms with Crippen molar-refractivity contribution in [2.24, 2.45) is 0 Å². The Morgan fingerprint density at radius 2 is 1.90 bits per heavy atom. The van der Waals surface area contributed by atoms with Gasteiger partial charge in [-0.15, -0.1) is 11.8 Å². The van der Waals surface area contributed by atoms with Crippen LogP contribution in [0, 0.1) is 6.92 Å². The molecule has 0 aliphatic carbocycles. The number of aryl methyl sites for hydroxylation is 1. The SMILES string of the molecule is Cc1ccc(NC(=O)CSc2c(Cl)cccc2Cl)c(Br)c1. The van der Waals surface area contributed by atoms with Crippen molar-refractivity contribution in [1.29, 1.82) is 0 Å². The van der Waals surface area contributed by atoms with Gasteiger partial charge in [-0.1, -0.05) is 35.3 Å². The normalized spacial score (nSPS) is 10.5. The minimum absolute atomic E-state index is 0.111. The van der Waals surface area contributed by atoms with E-state index in [1.54, 1.807) is 18.2 Å². The lowest BCUT2D eigenvalue weighted by Gasteiger charge is -2.09. The van der Waals surface area contributed by atoms with Crippen molar-refractivity contribution in [2.75, 3.05) is 11.1 Å². The molecular formula is C15H12BrCl2NOS. The Balaban J connectivity index is 1.99. The molecule has 0 aromatic heterocycles. The molecule has 0 bridgehead atoms. The summed E-state index contributed by atoms with van der Waals surface area (Å²) < 4.78 is 0.858. The first-order valence-electron chi connectivity index (χ1n) is 6.10. The van der Waals surface area contributed by atoms with Crippen molar-refractivity contribution in [3.63, 3.8) is 0 Å². The predicted molar refractivity (Wildman–Crippen MR) is 94.7 cm³/mol. The van der Waals surface area contributed by atoms with E-state index in [9.17, 15) is 4.79 Å². The van der Waals surface area contributed by atoms with Crippen molar-refractivity contribution < 1.29 is 4.79 Å². The van der Waals surface area contributed by atoms with Crippen LogP contribution in [-0.2, 0) is 4.79 Å². The van der Waals surface area contributed by atoms with Gasteiger partial charge in [0.1, 0.15) is 0 Å². The van der Waals surface area contributed by atoms with Gasteiger partial charge < -0.3 is 5.32 Å². The molecule has 0 unspecified atom stereocenters. The van der Waals surface area contributed by atoms with Gasteiger partial charge in [-0.25, -0.2) is 0 Å². The molecule has 0 aliphatic heterocycles. The minimum atomic E-state index is -0.111. The van der Waals surface area contributed by atoms with Crippen LogP contribution >= 0.6 is 50.9 Å². The summed E-state index contributed by atoms with van der Waals surface area (Å²) in [4.78, 5) is 12.7. The molecule has 0 atom stereocenters. The van der Waals surface area contributed by atoms with E-state index in [0.717, 1.165) is 20.6 Å². The zero-order chi connectivity index (χ0) is 15.4. The largest absolute Gasteiger partial charge is 0.324 e. The first-order valence-corrected chi connectivity index (χ1v) is 8.63. The molecular weight excluding hydrogens is 393 g/mol. The summed E-state index contributed by atoms with van der Waals surface area (Å²) in [5.74, 6) is 0.129. The Morgan fingerprint density at radius 3 is 2.52 bits per heavy atom. The molecule has 0 saturated heterocycles. The summed E-state index contributed by atoms with van der Waals surface area (Å²) in [7, 11) is 0. The first-order chi connectivity index (χ1) is 9.97. The first kappa shape index (κ1) is 16.7. The van der Waals surface area contributed by atoms with Gasteiger partial charge in [0.25, 0.3) is 0 Å². The molecule has 2 rings (SSSR count). The average molecular weight is 405 g/mol. The predicted octanol–water partition coefficient (Wildman–Crippen LogP) is 5.80. The average Bonchev–Trinajstić information content (AvgIpc) is 2.41.